The van der Waals surface area contributed by atoms with Crippen LogP contribution in [0.4, 0.5) is 11.4 Å². The summed E-state index contributed by atoms with van der Waals surface area (Å²) in [4.78, 5) is 18.2. The van der Waals surface area contributed by atoms with E-state index >= 15 is 0 Å². The molecule has 2 aromatic carbocycles. The molecule has 4 aromatic rings. The maximum absolute atomic E-state index is 11.5. The largest absolute Gasteiger partial charge is 0.506 e. The van der Waals surface area contributed by atoms with Crippen LogP contribution in [0, 0.1) is 13.8 Å². The molecule has 1 saturated heterocycles. The Morgan fingerprint density at radius 1 is 1.11 bits per heavy atom. The molecule has 0 saturated carbocycles. The van der Waals surface area contributed by atoms with Gasteiger partial charge in [0.1, 0.15) is 5.75 Å². The van der Waals surface area contributed by atoms with E-state index in [0.29, 0.717) is 21.5 Å². The van der Waals surface area contributed by atoms with Gasteiger partial charge in [0.2, 0.25) is 5.91 Å². The van der Waals surface area contributed by atoms with Gasteiger partial charge in [0.05, 0.1) is 23.5 Å². The molecule has 3 N–H and O–H groups in total. The summed E-state index contributed by atoms with van der Waals surface area (Å²) in [6.45, 7) is 5.51. The summed E-state index contributed by atoms with van der Waals surface area (Å²) in [5.74, 6) is 0.0143. The Morgan fingerprint density at radius 3 is 2.54 bits per heavy atom. The molecule has 0 unspecified atom stereocenters. The van der Waals surface area contributed by atoms with Gasteiger partial charge in [0.25, 0.3) is 0 Å². The number of aromatic nitrogens is 2. The lowest BCUT2D eigenvalue weighted by Gasteiger charge is -2.28. The van der Waals surface area contributed by atoms with Gasteiger partial charge < -0.3 is 25.2 Å². The van der Waals surface area contributed by atoms with Crippen LogP contribution in [0.15, 0.2) is 72.9 Å². The Balaban J connectivity index is 1.65. The van der Waals surface area contributed by atoms with E-state index in [4.69, 9.17) is 23.8 Å². The molecule has 0 bridgehead atoms. The molecule has 1 aliphatic heterocycles. The lowest BCUT2D eigenvalue weighted by atomic mass is 9.96. The number of halogens is 1. The number of rotatable bonds is 5. The first-order valence-corrected chi connectivity index (χ1v) is 12.6. The minimum Gasteiger partial charge on any atom is -0.506 e. The highest BCUT2D eigenvalue weighted by atomic mass is 35.5. The number of pyridine rings is 1. The van der Waals surface area contributed by atoms with Crippen LogP contribution in [-0.2, 0) is 4.79 Å². The number of nitrogens with zero attached hydrogens (tertiary/aromatic N) is 3. The number of hydrogen-bond acceptors (Lipinski definition) is 4. The van der Waals surface area contributed by atoms with Crippen LogP contribution >= 0.6 is 23.8 Å². The highest BCUT2D eigenvalue weighted by Crippen LogP contribution is 2.44. The quantitative estimate of drug-likeness (QED) is 0.275. The molecule has 5 rings (SSSR count). The third kappa shape index (κ3) is 4.65. The molecule has 0 aliphatic carbocycles. The number of benzene rings is 2. The van der Waals surface area contributed by atoms with Crippen LogP contribution in [0.1, 0.15) is 41.7 Å². The lowest BCUT2D eigenvalue weighted by Crippen LogP contribution is -2.29. The van der Waals surface area contributed by atoms with Gasteiger partial charge in [0.15, 0.2) is 5.11 Å². The standard InChI is InChI=1S/C28H26ClN5O2S/c1-16-14-22(17(2)33(16)24-15-19(29)7-12-25(24)36)27-26(23-6-4-5-13-30-23)32-28(37)34(27)21-10-8-20(9-11-21)31-18(3)35/h4-15,26-27,36H,1-3H3,(H,31,35)(H,32,37)/t26-,27+/m0/s1. The zero-order valence-corrected chi connectivity index (χ0v) is 22.1. The number of aromatic hydroxyl groups is 1. The highest BCUT2D eigenvalue weighted by molar-refractivity contribution is 7.80. The van der Waals surface area contributed by atoms with E-state index in [0.717, 1.165) is 28.3 Å². The zero-order valence-electron chi connectivity index (χ0n) is 20.6. The first kappa shape index (κ1) is 24.8. The summed E-state index contributed by atoms with van der Waals surface area (Å²) < 4.78 is 2.01. The van der Waals surface area contributed by atoms with Gasteiger partial charge in [-0.3, -0.25) is 9.78 Å². The molecule has 1 aliphatic rings. The first-order chi connectivity index (χ1) is 17.7. The molecule has 1 amide bonds. The smallest absolute Gasteiger partial charge is 0.221 e. The molecule has 0 radical (unpaired) electrons. The number of carbonyl (C=O) groups is 1. The zero-order chi connectivity index (χ0) is 26.3. The van der Waals surface area contributed by atoms with E-state index < -0.39 is 0 Å². The summed E-state index contributed by atoms with van der Waals surface area (Å²) in [5.41, 5.74) is 6.00. The number of carbonyl (C=O) groups excluding carboxylic acids is 1. The average molecular weight is 532 g/mol. The molecule has 37 heavy (non-hydrogen) atoms. The summed E-state index contributed by atoms with van der Waals surface area (Å²) in [6, 6.07) is 20.1. The van der Waals surface area contributed by atoms with Crippen LogP contribution < -0.4 is 15.5 Å². The summed E-state index contributed by atoms with van der Waals surface area (Å²) in [7, 11) is 0. The number of hydrogen-bond donors (Lipinski definition) is 3. The van der Waals surface area contributed by atoms with Crippen molar-refractivity contribution < 1.29 is 9.90 Å². The number of phenolic OH excluding ortho intramolecular Hbond substituents is 1. The SMILES string of the molecule is CC(=O)Nc1ccc(N2C(=S)N[C@@H](c3ccccn3)[C@H]2c2cc(C)n(-c3cc(Cl)ccc3O)c2C)cc1. The highest BCUT2D eigenvalue weighted by Gasteiger charge is 2.42. The van der Waals surface area contributed by atoms with E-state index in [1.807, 2.05) is 60.9 Å². The van der Waals surface area contributed by atoms with E-state index in [9.17, 15) is 9.90 Å². The molecule has 7 nitrogen and oxygen atoms in total. The van der Waals surface area contributed by atoms with Gasteiger partial charge in [-0.1, -0.05) is 17.7 Å². The molecule has 9 heteroatoms. The number of nitrogens with one attached hydrogen (secondary N) is 2. The molecule has 0 spiro atoms. The Labute approximate surface area is 225 Å². The van der Waals surface area contributed by atoms with Crippen molar-refractivity contribution in [1.29, 1.82) is 0 Å². The van der Waals surface area contributed by atoms with Crippen LogP contribution in [0.3, 0.4) is 0 Å². The fourth-order valence-electron chi connectivity index (χ4n) is 4.99. The Hall–Kier alpha value is -3.88. The van der Waals surface area contributed by atoms with Crippen LogP contribution in [0.5, 0.6) is 5.75 Å². The van der Waals surface area contributed by atoms with E-state index in [-0.39, 0.29) is 23.7 Å². The predicted octanol–water partition coefficient (Wildman–Crippen LogP) is 5.98. The van der Waals surface area contributed by atoms with Crippen molar-refractivity contribution in [2.24, 2.45) is 0 Å². The summed E-state index contributed by atoms with van der Waals surface area (Å²) >= 11 is 12.1. The van der Waals surface area contributed by atoms with Gasteiger partial charge in [-0.05, 0) is 92.3 Å². The van der Waals surface area contributed by atoms with Crippen molar-refractivity contribution in [2.75, 3.05) is 10.2 Å². The first-order valence-electron chi connectivity index (χ1n) is 11.8. The summed E-state index contributed by atoms with van der Waals surface area (Å²) in [5, 5.41) is 18.0. The van der Waals surface area contributed by atoms with Gasteiger partial charge in [-0.2, -0.15) is 0 Å². The van der Waals surface area contributed by atoms with E-state index in [1.165, 1.54) is 6.92 Å². The number of thiocarbonyl (C=S) groups is 1. The molecule has 3 heterocycles. The third-order valence-corrected chi connectivity index (χ3v) is 7.08. The fraction of sp³-hybridized carbons (Fsp3) is 0.179. The van der Waals surface area contributed by atoms with Crippen molar-refractivity contribution in [1.82, 2.24) is 14.9 Å². The van der Waals surface area contributed by atoms with Crippen LogP contribution in [-0.4, -0.2) is 25.7 Å². The molecule has 2 aromatic heterocycles. The van der Waals surface area contributed by atoms with Crippen molar-refractivity contribution >= 4 is 46.2 Å². The van der Waals surface area contributed by atoms with Gasteiger partial charge in [-0.25, -0.2) is 0 Å². The van der Waals surface area contributed by atoms with Crippen LogP contribution in [0.2, 0.25) is 5.02 Å². The monoisotopic (exact) mass is 531 g/mol. The van der Waals surface area contributed by atoms with Gasteiger partial charge in [-0.15, -0.1) is 0 Å². The number of aryl methyl sites for hydroxylation is 1. The molecule has 188 valence electrons. The third-order valence-electron chi connectivity index (χ3n) is 6.53. The fourth-order valence-corrected chi connectivity index (χ4v) is 5.50. The van der Waals surface area contributed by atoms with Crippen molar-refractivity contribution in [2.45, 2.75) is 32.9 Å². The van der Waals surface area contributed by atoms with Crippen LogP contribution in [0.25, 0.3) is 5.69 Å². The van der Waals surface area contributed by atoms with Gasteiger partial charge in [0, 0.05) is 40.9 Å². The summed E-state index contributed by atoms with van der Waals surface area (Å²) in [6.07, 6.45) is 1.77. The second kappa shape index (κ2) is 9.88. The Bertz CT molecular complexity index is 1490. The van der Waals surface area contributed by atoms with Crippen molar-refractivity contribution in [3.05, 3.63) is 101 Å². The maximum atomic E-state index is 11.5. The van der Waals surface area contributed by atoms with Gasteiger partial charge >= 0.3 is 0 Å². The maximum Gasteiger partial charge on any atom is 0.221 e. The van der Waals surface area contributed by atoms with Crippen molar-refractivity contribution in [3.63, 3.8) is 0 Å². The molecule has 1 fully saturated rings. The second-order valence-corrected chi connectivity index (χ2v) is 9.84. The minimum atomic E-state index is -0.227. The molecular weight excluding hydrogens is 506 g/mol. The van der Waals surface area contributed by atoms with E-state index in [1.54, 1.807) is 24.4 Å². The number of amides is 1. The molecule has 2 atom stereocenters. The van der Waals surface area contributed by atoms with E-state index in [2.05, 4.69) is 26.6 Å². The van der Waals surface area contributed by atoms with Crippen molar-refractivity contribution in [3.8, 4) is 11.4 Å². The minimum absolute atomic E-state index is 0.129. The lowest BCUT2D eigenvalue weighted by molar-refractivity contribution is -0.114. The average Bonchev–Trinajstić information content (AvgIpc) is 3.36. The molecular formula is C28H26ClN5O2S. The normalized spacial score (nSPS) is 17.1. The topological polar surface area (TPSA) is 82.4 Å². The Kier molecular flexibility index (Phi) is 6.62. The number of phenols is 1. The Morgan fingerprint density at radius 2 is 1.86 bits per heavy atom. The second-order valence-electron chi connectivity index (χ2n) is 9.02. The predicted molar refractivity (Wildman–Crippen MR) is 151 cm³/mol. The number of anilines is 2.